The van der Waals surface area contributed by atoms with E-state index in [2.05, 4.69) is 0 Å². The molecule has 0 spiro atoms. The average molecular weight is 618 g/mol. The van der Waals surface area contributed by atoms with E-state index in [0.717, 1.165) is 27.2 Å². The molecule has 2 amide bonds. The number of ketones is 1. The highest BCUT2D eigenvalue weighted by Crippen LogP contribution is 2.61. The van der Waals surface area contributed by atoms with Crippen LogP contribution in [0.3, 0.4) is 0 Å². The molecule has 8 rings (SSSR count). The summed E-state index contributed by atoms with van der Waals surface area (Å²) in [6.45, 7) is 3.22. The maximum atomic E-state index is 14.2. The highest BCUT2D eigenvalue weighted by atomic mass is 16.5. The largest absolute Gasteiger partial charge is 0.457 e. The summed E-state index contributed by atoms with van der Waals surface area (Å²) in [4.78, 5) is 68.3. The normalized spacial score (nSPS) is 21.4. The molecule has 9 nitrogen and oxygen atoms in total. The van der Waals surface area contributed by atoms with Gasteiger partial charge in [0.1, 0.15) is 11.8 Å². The number of carbonyl (C=O) groups excluding carboxylic acids is 5. The molecule has 232 valence electrons. The number of furan rings is 1. The predicted molar refractivity (Wildman–Crippen MR) is 164 cm³/mol. The number of benzene rings is 3. The van der Waals surface area contributed by atoms with Crippen LogP contribution in [-0.2, 0) is 19.1 Å². The molecule has 2 bridgehead atoms. The lowest BCUT2D eigenvalue weighted by molar-refractivity contribution is -0.158. The van der Waals surface area contributed by atoms with Crippen LogP contribution in [0, 0.1) is 17.8 Å². The second-order valence-electron chi connectivity index (χ2n) is 12.4. The molecule has 3 atom stereocenters. The van der Waals surface area contributed by atoms with E-state index < -0.39 is 42.2 Å². The number of esters is 2. The number of carbonyl (C=O) groups is 5. The van der Waals surface area contributed by atoms with Crippen LogP contribution in [0.5, 0.6) is 5.75 Å². The standard InChI is InChI=1S/C37H31NO8/c1-20(2)18-27(36(42)45-19-28(39)21-13-15-22(16-14-21)46-37(43)29-12-7-17-44-29)38-34(40)32-30-23-8-3-4-9-24(23)31(33(32)35(38)41)26-11-6-5-10-25(26)30/h3-17,20,27,30-33H,18-19H2,1-2H3. The summed E-state index contributed by atoms with van der Waals surface area (Å²) in [5.41, 5.74) is 4.42. The number of likely N-dealkylation sites (tertiary alicyclic amines) is 1. The minimum atomic E-state index is -1.16. The summed E-state index contributed by atoms with van der Waals surface area (Å²) in [7, 11) is 0. The zero-order valence-corrected chi connectivity index (χ0v) is 25.3. The maximum absolute atomic E-state index is 14.2. The molecule has 1 fully saturated rings. The highest BCUT2D eigenvalue weighted by molar-refractivity contribution is 6.10. The minimum Gasteiger partial charge on any atom is -0.457 e. The van der Waals surface area contributed by atoms with Gasteiger partial charge in [0, 0.05) is 17.4 Å². The van der Waals surface area contributed by atoms with Gasteiger partial charge in [0.05, 0.1) is 18.1 Å². The van der Waals surface area contributed by atoms with Gasteiger partial charge in [0.15, 0.2) is 12.4 Å². The number of imide groups is 1. The quantitative estimate of drug-likeness (QED) is 0.104. The summed E-state index contributed by atoms with van der Waals surface area (Å²) >= 11 is 0. The van der Waals surface area contributed by atoms with Crippen molar-refractivity contribution >= 4 is 29.5 Å². The van der Waals surface area contributed by atoms with Gasteiger partial charge in [-0.05, 0) is 71.0 Å². The Morgan fingerprint density at radius 3 is 1.78 bits per heavy atom. The van der Waals surface area contributed by atoms with Crippen molar-refractivity contribution in [3.8, 4) is 5.75 Å². The molecule has 2 heterocycles. The van der Waals surface area contributed by atoms with E-state index in [0.29, 0.717) is 0 Å². The molecular weight excluding hydrogens is 586 g/mol. The van der Waals surface area contributed by atoms with Gasteiger partial charge in [-0.3, -0.25) is 19.3 Å². The van der Waals surface area contributed by atoms with Gasteiger partial charge in [0.2, 0.25) is 17.6 Å². The number of amides is 2. The molecule has 3 aromatic carbocycles. The minimum absolute atomic E-state index is 0.0407. The van der Waals surface area contributed by atoms with E-state index in [4.69, 9.17) is 13.9 Å². The van der Waals surface area contributed by atoms with Crippen LogP contribution in [0.25, 0.3) is 0 Å². The summed E-state index contributed by atoms with van der Waals surface area (Å²) in [5, 5.41) is 0. The summed E-state index contributed by atoms with van der Waals surface area (Å²) < 4.78 is 15.8. The van der Waals surface area contributed by atoms with Crippen molar-refractivity contribution in [3.63, 3.8) is 0 Å². The van der Waals surface area contributed by atoms with Gasteiger partial charge >= 0.3 is 11.9 Å². The fourth-order valence-electron chi connectivity index (χ4n) is 7.34. The Labute approximate surface area is 265 Å². The SMILES string of the molecule is CC(C)CC(C(=O)OCC(=O)c1ccc(OC(=O)c2ccco2)cc1)N1C(=O)C2C3c4ccccc4C(c4ccccc43)C2C1=O. The Morgan fingerprint density at radius 1 is 0.761 bits per heavy atom. The van der Waals surface area contributed by atoms with Gasteiger partial charge in [-0.15, -0.1) is 0 Å². The average Bonchev–Trinajstić information content (AvgIpc) is 3.70. The third-order valence-electron chi connectivity index (χ3n) is 9.22. The fourth-order valence-corrected chi connectivity index (χ4v) is 7.34. The Hall–Kier alpha value is -5.31. The molecule has 1 saturated heterocycles. The van der Waals surface area contributed by atoms with E-state index >= 15 is 0 Å². The van der Waals surface area contributed by atoms with Crippen LogP contribution in [0.15, 0.2) is 95.6 Å². The maximum Gasteiger partial charge on any atom is 0.379 e. The van der Waals surface area contributed by atoms with Gasteiger partial charge in [-0.25, -0.2) is 9.59 Å². The van der Waals surface area contributed by atoms with Gasteiger partial charge < -0.3 is 13.9 Å². The van der Waals surface area contributed by atoms with Crippen LogP contribution in [0.4, 0.5) is 0 Å². The molecule has 0 radical (unpaired) electrons. The molecule has 0 N–H and O–H groups in total. The number of nitrogens with zero attached hydrogens (tertiary/aromatic N) is 1. The molecule has 9 heteroatoms. The lowest BCUT2D eigenvalue weighted by atomic mass is 9.55. The van der Waals surface area contributed by atoms with E-state index in [1.54, 1.807) is 6.07 Å². The lowest BCUT2D eigenvalue weighted by Crippen LogP contribution is -2.47. The highest BCUT2D eigenvalue weighted by Gasteiger charge is 2.63. The van der Waals surface area contributed by atoms with Crippen LogP contribution in [0.2, 0.25) is 0 Å². The molecule has 3 aliphatic carbocycles. The molecule has 0 saturated carbocycles. The Bertz CT molecular complexity index is 1740. The van der Waals surface area contributed by atoms with E-state index in [1.807, 2.05) is 62.4 Å². The summed E-state index contributed by atoms with van der Waals surface area (Å²) in [5.74, 6) is -4.32. The molecule has 1 aliphatic heterocycles. The number of rotatable bonds is 9. The van der Waals surface area contributed by atoms with Crippen molar-refractivity contribution in [2.24, 2.45) is 17.8 Å². The fraction of sp³-hybridized carbons (Fsp3) is 0.270. The summed E-state index contributed by atoms with van der Waals surface area (Å²) in [6, 6.07) is 23.6. The van der Waals surface area contributed by atoms with Crippen molar-refractivity contribution in [2.75, 3.05) is 6.61 Å². The Morgan fingerprint density at radius 2 is 1.30 bits per heavy atom. The first kappa shape index (κ1) is 29.4. The molecule has 1 aromatic heterocycles. The Kier molecular flexibility index (Phi) is 7.39. The van der Waals surface area contributed by atoms with Gasteiger partial charge in [-0.1, -0.05) is 62.4 Å². The third-order valence-corrected chi connectivity index (χ3v) is 9.22. The number of hydrogen-bond acceptors (Lipinski definition) is 8. The van der Waals surface area contributed by atoms with E-state index in [9.17, 15) is 24.0 Å². The lowest BCUT2D eigenvalue weighted by Gasteiger charge is -2.45. The zero-order valence-electron chi connectivity index (χ0n) is 25.3. The second kappa shape index (κ2) is 11.6. The molecule has 4 aliphatic rings. The van der Waals surface area contributed by atoms with Crippen molar-refractivity contribution < 1.29 is 37.9 Å². The monoisotopic (exact) mass is 617 g/mol. The van der Waals surface area contributed by atoms with Crippen molar-refractivity contribution in [1.29, 1.82) is 0 Å². The van der Waals surface area contributed by atoms with Gasteiger partial charge in [0.25, 0.3) is 0 Å². The molecular formula is C37H31NO8. The zero-order chi connectivity index (χ0) is 32.1. The number of ether oxygens (including phenoxy) is 2. The van der Waals surface area contributed by atoms with Crippen LogP contribution in [0.1, 0.15) is 75.3 Å². The van der Waals surface area contributed by atoms with Crippen molar-refractivity contribution in [2.45, 2.75) is 38.1 Å². The number of Topliss-reactive ketones (excluding diaryl/α,β-unsaturated/α-hetero) is 1. The van der Waals surface area contributed by atoms with Gasteiger partial charge in [-0.2, -0.15) is 0 Å². The smallest absolute Gasteiger partial charge is 0.379 e. The first-order valence-electron chi connectivity index (χ1n) is 15.3. The van der Waals surface area contributed by atoms with E-state index in [-0.39, 0.29) is 53.1 Å². The van der Waals surface area contributed by atoms with Crippen molar-refractivity contribution in [1.82, 2.24) is 4.90 Å². The van der Waals surface area contributed by atoms with Crippen LogP contribution < -0.4 is 4.74 Å². The van der Waals surface area contributed by atoms with Crippen LogP contribution >= 0.6 is 0 Å². The first-order valence-corrected chi connectivity index (χ1v) is 15.3. The second-order valence-corrected chi connectivity index (χ2v) is 12.4. The molecule has 46 heavy (non-hydrogen) atoms. The van der Waals surface area contributed by atoms with E-state index in [1.165, 1.54) is 36.6 Å². The molecule has 3 unspecified atom stereocenters. The predicted octanol–water partition coefficient (Wildman–Crippen LogP) is 5.53. The first-order chi connectivity index (χ1) is 22.2. The van der Waals surface area contributed by atoms with Crippen LogP contribution in [-0.4, -0.2) is 47.1 Å². The third kappa shape index (κ3) is 4.83. The molecule has 4 aromatic rings. The van der Waals surface area contributed by atoms with Crippen molar-refractivity contribution in [3.05, 3.63) is 125 Å². The number of hydrogen-bond donors (Lipinski definition) is 0. The summed E-state index contributed by atoms with van der Waals surface area (Å²) in [6.07, 6.45) is 1.56. The Balaban J connectivity index is 1.09. The topological polar surface area (TPSA) is 120 Å².